The Labute approximate surface area is 255 Å². The van der Waals surface area contributed by atoms with Gasteiger partial charge in [-0.15, -0.1) is 0 Å². The van der Waals surface area contributed by atoms with Gasteiger partial charge in [0, 0.05) is 70.5 Å². The fourth-order valence-corrected chi connectivity index (χ4v) is 6.29. The van der Waals surface area contributed by atoms with E-state index in [1.54, 1.807) is 44.6 Å². The Balaban J connectivity index is 1.26. The first-order chi connectivity index (χ1) is 21.2. The summed E-state index contributed by atoms with van der Waals surface area (Å²) in [5, 5.41) is 3.11. The van der Waals surface area contributed by atoms with Gasteiger partial charge in [0.25, 0.3) is 0 Å². The average Bonchev–Trinajstić information content (AvgIpc) is 3.22. The summed E-state index contributed by atoms with van der Waals surface area (Å²) < 4.78 is 30.7. The van der Waals surface area contributed by atoms with E-state index < -0.39 is 17.6 Å². The van der Waals surface area contributed by atoms with Gasteiger partial charge in [-0.25, -0.2) is 28.1 Å². The molecule has 0 bridgehead atoms. The minimum Gasteiger partial charge on any atom is -0.333 e. The number of nitrogens with zero attached hydrogens (tertiary/aromatic N) is 6. The minimum absolute atomic E-state index is 0.0558. The predicted molar refractivity (Wildman–Crippen MR) is 164 cm³/mol. The Bertz CT molecular complexity index is 1520. The van der Waals surface area contributed by atoms with E-state index in [4.69, 9.17) is 0 Å². The summed E-state index contributed by atoms with van der Waals surface area (Å²) in [6, 6.07) is 6.95. The number of piperidine rings is 1. The third-order valence-electron chi connectivity index (χ3n) is 9.05. The molecule has 2 atom stereocenters. The molecular formula is C31H42F2N8O3. The van der Waals surface area contributed by atoms with Crippen LogP contribution in [0.25, 0.3) is 11.2 Å². The molecule has 0 aliphatic carbocycles. The number of fused-ring (bicyclic) bond motifs is 1. The van der Waals surface area contributed by atoms with Gasteiger partial charge in [-0.2, -0.15) is 0 Å². The molecule has 13 heteroatoms. The van der Waals surface area contributed by atoms with Crippen molar-refractivity contribution in [1.82, 2.24) is 39.5 Å². The van der Waals surface area contributed by atoms with Gasteiger partial charge in [0.15, 0.2) is 17.3 Å². The Morgan fingerprint density at radius 2 is 1.80 bits per heavy atom. The fraction of sp³-hybridized carbons (Fsp3) is 0.548. The molecule has 2 aromatic heterocycles. The molecular weight excluding hydrogens is 570 g/mol. The minimum atomic E-state index is -0.913. The van der Waals surface area contributed by atoms with Gasteiger partial charge < -0.3 is 24.9 Å². The number of halogens is 2. The van der Waals surface area contributed by atoms with E-state index in [-0.39, 0.29) is 48.5 Å². The molecule has 2 N–H and O–H groups in total. The molecule has 1 aromatic carbocycles. The number of pyridine rings is 1. The SMILES string of the molecule is CCN(C)CCN(C)C(=O)N1C[C@H](NC(=O)N2CCC(n3c(=O)[nH]c4ncccc43)CC2)CC[C@@H](c2cccc(F)c2F)C1. The first-order valence-corrected chi connectivity index (χ1v) is 15.4. The monoisotopic (exact) mass is 612 g/mol. The average molecular weight is 613 g/mol. The van der Waals surface area contributed by atoms with Crippen molar-refractivity contribution in [1.29, 1.82) is 0 Å². The lowest BCUT2D eigenvalue weighted by molar-refractivity contribution is 0.148. The van der Waals surface area contributed by atoms with Crippen LogP contribution in [-0.2, 0) is 0 Å². The Kier molecular flexibility index (Phi) is 9.82. The second-order valence-corrected chi connectivity index (χ2v) is 12.0. The molecule has 0 unspecified atom stereocenters. The van der Waals surface area contributed by atoms with Crippen LogP contribution in [0.15, 0.2) is 41.3 Å². The van der Waals surface area contributed by atoms with Gasteiger partial charge in [-0.05, 0) is 63.0 Å². The molecule has 11 nitrogen and oxygen atoms in total. The van der Waals surface area contributed by atoms with E-state index in [1.807, 2.05) is 20.0 Å². The molecule has 3 aromatic rings. The maximum absolute atomic E-state index is 14.9. The van der Waals surface area contributed by atoms with Gasteiger partial charge in [0.05, 0.1) is 5.52 Å². The Hall–Kier alpha value is -4.00. The number of aromatic amines is 1. The van der Waals surface area contributed by atoms with Crippen molar-refractivity contribution in [3.8, 4) is 0 Å². The first-order valence-electron chi connectivity index (χ1n) is 15.4. The molecule has 238 valence electrons. The number of likely N-dealkylation sites (tertiary alicyclic amines) is 2. The molecule has 5 rings (SSSR count). The number of likely N-dealkylation sites (N-methyl/N-ethyl adjacent to an activating group) is 2. The number of urea groups is 2. The van der Waals surface area contributed by atoms with Crippen molar-refractivity contribution < 1.29 is 18.4 Å². The van der Waals surface area contributed by atoms with Crippen LogP contribution in [0.2, 0.25) is 0 Å². The van der Waals surface area contributed by atoms with Crippen LogP contribution in [0.4, 0.5) is 18.4 Å². The third-order valence-corrected chi connectivity index (χ3v) is 9.05. The molecule has 0 saturated carbocycles. The highest BCUT2D eigenvalue weighted by Crippen LogP contribution is 2.30. The number of benzene rings is 1. The summed E-state index contributed by atoms with van der Waals surface area (Å²) in [7, 11) is 3.72. The van der Waals surface area contributed by atoms with E-state index in [2.05, 4.69) is 20.2 Å². The van der Waals surface area contributed by atoms with Gasteiger partial charge >= 0.3 is 17.8 Å². The summed E-state index contributed by atoms with van der Waals surface area (Å²) >= 11 is 0. The smallest absolute Gasteiger partial charge is 0.327 e. The lowest BCUT2D eigenvalue weighted by Gasteiger charge is -2.34. The van der Waals surface area contributed by atoms with Crippen molar-refractivity contribution in [2.24, 2.45) is 0 Å². The maximum Gasteiger partial charge on any atom is 0.327 e. The third kappa shape index (κ3) is 6.87. The molecule has 4 amide bonds. The largest absolute Gasteiger partial charge is 0.333 e. The van der Waals surface area contributed by atoms with Crippen molar-refractivity contribution >= 4 is 23.2 Å². The number of amides is 4. The highest BCUT2D eigenvalue weighted by atomic mass is 19.2. The van der Waals surface area contributed by atoms with Gasteiger partial charge in [0.2, 0.25) is 0 Å². The van der Waals surface area contributed by atoms with Crippen LogP contribution in [0.3, 0.4) is 0 Å². The van der Waals surface area contributed by atoms with Crippen LogP contribution in [0.1, 0.15) is 50.1 Å². The van der Waals surface area contributed by atoms with E-state index in [1.165, 1.54) is 6.07 Å². The highest BCUT2D eigenvalue weighted by molar-refractivity contribution is 5.76. The molecule has 2 saturated heterocycles. The number of aromatic nitrogens is 3. The van der Waals surface area contributed by atoms with Crippen molar-refractivity contribution in [2.45, 2.75) is 50.6 Å². The molecule has 2 aliphatic heterocycles. The molecule has 2 aliphatic rings. The Morgan fingerprint density at radius 3 is 2.55 bits per heavy atom. The molecule has 2 fully saturated rings. The lowest BCUT2D eigenvalue weighted by atomic mass is 9.93. The summed E-state index contributed by atoms with van der Waals surface area (Å²) in [6.07, 6.45) is 3.85. The van der Waals surface area contributed by atoms with Crippen LogP contribution < -0.4 is 11.0 Å². The number of imidazole rings is 1. The Morgan fingerprint density at radius 1 is 1.02 bits per heavy atom. The summed E-state index contributed by atoms with van der Waals surface area (Å²) in [5.41, 5.74) is 1.33. The van der Waals surface area contributed by atoms with Crippen LogP contribution in [-0.4, -0.2) is 112 Å². The van der Waals surface area contributed by atoms with Crippen molar-refractivity contribution in [3.05, 3.63) is 64.2 Å². The normalized spacial score (nSPS) is 19.8. The number of nitrogens with one attached hydrogen (secondary N) is 2. The number of rotatable bonds is 7. The number of H-pyrrole nitrogens is 1. The molecule has 0 spiro atoms. The lowest BCUT2D eigenvalue weighted by Crippen LogP contribution is -2.53. The second kappa shape index (κ2) is 13.7. The second-order valence-electron chi connectivity index (χ2n) is 12.0. The number of carbonyl (C=O) groups excluding carboxylic acids is 2. The summed E-state index contributed by atoms with van der Waals surface area (Å²) in [4.78, 5) is 53.8. The molecule has 44 heavy (non-hydrogen) atoms. The standard InChI is InChI=1S/C31H42F2N8O3/c1-4-37(2)17-18-38(3)31(44)40-19-21(24-7-5-8-25(32)27(24)33)10-11-22(20-40)35-29(42)39-15-12-23(13-16-39)41-26-9-6-14-34-28(26)36-30(41)43/h5-9,14,21-23H,4,10-13,15-20H2,1-3H3,(H,35,42)(H,34,36,43)/t21-,22-/m1/s1. The van der Waals surface area contributed by atoms with E-state index in [0.29, 0.717) is 57.5 Å². The zero-order valence-electron chi connectivity index (χ0n) is 25.6. The first kappa shape index (κ1) is 31.4. The van der Waals surface area contributed by atoms with Crippen molar-refractivity contribution in [2.75, 3.05) is 59.9 Å². The number of hydrogen-bond donors (Lipinski definition) is 2. The van der Waals surface area contributed by atoms with E-state index in [0.717, 1.165) is 18.1 Å². The maximum atomic E-state index is 14.9. The van der Waals surface area contributed by atoms with E-state index >= 15 is 0 Å². The quantitative estimate of drug-likeness (QED) is 0.424. The predicted octanol–water partition coefficient (Wildman–Crippen LogP) is 3.60. The number of carbonyl (C=O) groups is 2. The van der Waals surface area contributed by atoms with Gasteiger partial charge in [0.1, 0.15) is 0 Å². The number of hydrogen-bond acceptors (Lipinski definition) is 5. The highest BCUT2D eigenvalue weighted by Gasteiger charge is 2.33. The zero-order chi connectivity index (χ0) is 31.4. The van der Waals surface area contributed by atoms with Crippen molar-refractivity contribution in [3.63, 3.8) is 0 Å². The summed E-state index contributed by atoms with van der Waals surface area (Å²) in [6.45, 7) is 5.54. The van der Waals surface area contributed by atoms with Gasteiger partial charge in [-0.1, -0.05) is 19.1 Å². The molecule has 0 radical (unpaired) electrons. The zero-order valence-corrected chi connectivity index (χ0v) is 25.6. The topological polar surface area (TPSA) is 110 Å². The summed E-state index contributed by atoms with van der Waals surface area (Å²) in [5.74, 6) is -2.22. The van der Waals surface area contributed by atoms with Crippen LogP contribution in [0, 0.1) is 11.6 Å². The molecule has 4 heterocycles. The van der Waals surface area contributed by atoms with Crippen LogP contribution >= 0.6 is 0 Å². The van der Waals surface area contributed by atoms with Gasteiger partial charge in [-0.3, -0.25) is 9.55 Å². The van der Waals surface area contributed by atoms with E-state index in [9.17, 15) is 23.2 Å². The fourth-order valence-electron chi connectivity index (χ4n) is 6.29. The van der Waals surface area contributed by atoms with Crippen LogP contribution in [0.5, 0.6) is 0 Å².